The van der Waals surface area contributed by atoms with Gasteiger partial charge in [-0.25, -0.2) is 0 Å². The van der Waals surface area contributed by atoms with Gasteiger partial charge in [-0.3, -0.25) is 4.72 Å². The van der Waals surface area contributed by atoms with E-state index in [0.29, 0.717) is 23.4 Å². The highest BCUT2D eigenvalue weighted by Gasteiger charge is 2.30. The number of ether oxygens (including phenoxy) is 1. The van der Waals surface area contributed by atoms with E-state index >= 15 is 0 Å². The third-order valence-corrected chi connectivity index (χ3v) is 3.76. The van der Waals surface area contributed by atoms with Crippen molar-refractivity contribution in [2.75, 3.05) is 0 Å². The molecule has 0 bridgehead atoms. The van der Waals surface area contributed by atoms with Crippen LogP contribution >= 0.6 is 0 Å². The summed E-state index contributed by atoms with van der Waals surface area (Å²) in [5.74, 6) is 0.0683. The predicted molar refractivity (Wildman–Crippen MR) is 66.6 cm³/mol. The first-order valence-electron chi connectivity index (χ1n) is 5.51. The molecular weight excluding hydrogens is 254 g/mol. The summed E-state index contributed by atoms with van der Waals surface area (Å²) < 4.78 is 34.6. The first-order chi connectivity index (χ1) is 8.55. The molecule has 18 heavy (non-hydrogen) atoms. The zero-order valence-electron chi connectivity index (χ0n) is 9.38. The van der Waals surface area contributed by atoms with Gasteiger partial charge in [-0.1, -0.05) is 12.2 Å². The lowest BCUT2D eigenvalue weighted by molar-refractivity contribution is 0.293. The van der Waals surface area contributed by atoms with Gasteiger partial charge in [-0.15, -0.1) is 4.40 Å². The molecule has 0 saturated heterocycles. The summed E-state index contributed by atoms with van der Waals surface area (Å²) in [7, 11) is -3.72. The lowest BCUT2D eigenvalue weighted by Gasteiger charge is -2.26. The largest absolute Gasteiger partial charge is 0.463 e. The van der Waals surface area contributed by atoms with E-state index in [4.69, 9.17) is 10.1 Å². The van der Waals surface area contributed by atoms with E-state index in [-0.39, 0.29) is 5.90 Å². The second-order valence-corrected chi connectivity index (χ2v) is 5.50. The Kier molecular flexibility index (Phi) is 2.37. The summed E-state index contributed by atoms with van der Waals surface area (Å²) in [5, 5.41) is 7.47. The Labute approximate surface area is 104 Å². The van der Waals surface area contributed by atoms with Gasteiger partial charge in [0.1, 0.15) is 0 Å². The number of allylic oxidation sites excluding steroid dienone is 2. The van der Waals surface area contributed by atoms with Crippen molar-refractivity contribution in [2.45, 2.75) is 18.9 Å². The van der Waals surface area contributed by atoms with Gasteiger partial charge >= 0.3 is 10.2 Å². The molecule has 7 heteroatoms. The van der Waals surface area contributed by atoms with Gasteiger partial charge in [0.2, 0.25) is 5.90 Å². The van der Waals surface area contributed by atoms with Crippen LogP contribution in [0.5, 0.6) is 0 Å². The van der Waals surface area contributed by atoms with Crippen LogP contribution in [-0.2, 0) is 14.9 Å². The molecule has 0 aromatic carbocycles. The molecule has 0 aromatic heterocycles. The second-order valence-electron chi connectivity index (χ2n) is 4.16. The molecule has 3 rings (SSSR count). The number of hydrogen-bond acceptors (Lipinski definition) is 4. The van der Waals surface area contributed by atoms with Crippen LogP contribution in [0.4, 0.5) is 0 Å². The van der Waals surface area contributed by atoms with E-state index in [1.165, 1.54) is 0 Å². The second kappa shape index (κ2) is 3.81. The summed E-state index contributed by atoms with van der Waals surface area (Å²) in [6, 6.07) is 0. The Morgan fingerprint density at radius 1 is 1.44 bits per heavy atom. The van der Waals surface area contributed by atoms with Crippen LogP contribution in [0.1, 0.15) is 12.8 Å². The van der Waals surface area contributed by atoms with Crippen molar-refractivity contribution in [1.29, 1.82) is 5.41 Å². The number of rotatable bonds is 1. The van der Waals surface area contributed by atoms with Crippen molar-refractivity contribution >= 4 is 21.8 Å². The van der Waals surface area contributed by atoms with Crippen LogP contribution in [0.15, 0.2) is 40.0 Å². The zero-order chi connectivity index (χ0) is 12.8. The number of hydrogen-bond donors (Lipinski definition) is 2. The van der Waals surface area contributed by atoms with Gasteiger partial charge in [0.15, 0.2) is 6.10 Å². The van der Waals surface area contributed by atoms with Crippen molar-refractivity contribution < 1.29 is 13.2 Å². The molecule has 6 nitrogen and oxygen atoms in total. The zero-order valence-corrected chi connectivity index (χ0v) is 10.2. The molecule has 3 aliphatic rings. The minimum absolute atomic E-state index is 0.0683. The lowest BCUT2D eigenvalue weighted by atomic mass is 10.0. The van der Waals surface area contributed by atoms with Crippen LogP contribution in [0.25, 0.3) is 0 Å². The Balaban J connectivity index is 1.96. The van der Waals surface area contributed by atoms with Crippen LogP contribution in [-0.4, -0.2) is 26.1 Å². The standard InChI is InChI=1S/C11H11N3O3S/c12-8-5-6-10(8)17-11-7-3-1-2-4-9(7)13-18(15,16)14-11/h1,3,5-6,10,12-13H,2,4H2. The number of nitrogens with zero attached hydrogens (tertiary/aromatic N) is 1. The number of nitrogens with one attached hydrogen (secondary N) is 2. The van der Waals surface area contributed by atoms with Gasteiger partial charge in [0, 0.05) is 5.70 Å². The first-order valence-corrected chi connectivity index (χ1v) is 6.95. The molecule has 2 N–H and O–H groups in total. The van der Waals surface area contributed by atoms with Gasteiger partial charge in [-0.2, -0.15) is 8.42 Å². The molecule has 1 heterocycles. The van der Waals surface area contributed by atoms with Crippen molar-refractivity contribution in [2.24, 2.45) is 4.40 Å². The molecule has 1 aliphatic heterocycles. The fourth-order valence-corrected chi connectivity index (χ4v) is 2.82. The minimum Gasteiger partial charge on any atom is -0.463 e. The van der Waals surface area contributed by atoms with E-state index in [9.17, 15) is 8.42 Å². The minimum atomic E-state index is -3.72. The van der Waals surface area contributed by atoms with Gasteiger partial charge in [0.25, 0.3) is 0 Å². The SMILES string of the molecule is N=C1C=CC1OC1=NS(=O)(=O)NC2=C1C=CCC2. The molecule has 0 aromatic rings. The highest BCUT2D eigenvalue weighted by Crippen LogP contribution is 2.25. The quantitative estimate of drug-likeness (QED) is 0.735. The molecule has 0 fully saturated rings. The average Bonchev–Trinajstić information content (AvgIpc) is 2.32. The predicted octanol–water partition coefficient (Wildman–Crippen LogP) is 0.812. The summed E-state index contributed by atoms with van der Waals surface area (Å²) in [5.41, 5.74) is 1.58. The third-order valence-electron chi connectivity index (χ3n) is 2.85. The van der Waals surface area contributed by atoms with E-state index in [1.54, 1.807) is 18.2 Å². The van der Waals surface area contributed by atoms with E-state index < -0.39 is 16.3 Å². The van der Waals surface area contributed by atoms with Gasteiger partial charge in [-0.05, 0) is 25.0 Å². The van der Waals surface area contributed by atoms with Crippen LogP contribution in [0, 0.1) is 5.41 Å². The molecule has 94 valence electrons. The molecule has 2 aliphatic carbocycles. The Morgan fingerprint density at radius 3 is 2.94 bits per heavy atom. The normalized spacial score (nSPS) is 28.1. The lowest BCUT2D eigenvalue weighted by Crippen LogP contribution is -2.36. The summed E-state index contributed by atoms with van der Waals surface area (Å²) in [6.07, 6.45) is 7.93. The first kappa shape index (κ1) is 11.2. The Bertz CT molecular complexity index is 640. The van der Waals surface area contributed by atoms with Crippen molar-refractivity contribution in [3.8, 4) is 0 Å². The monoisotopic (exact) mass is 265 g/mol. The van der Waals surface area contributed by atoms with Gasteiger partial charge < -0.3 is 10.1 Å². The molecule has 0 amide bonds. The van der Waals surface area contributed by atoms with Gasteiger partial charge in [0.05, 0.1) is 11.3 Å². The van der Waals surface area contributed by atoms with Crippen LogP contribution in [0.3, 0.4) is 0 Å². The highest BCUT2D eigenvalue weighted by atomic mass is 32.2. The van der Waals surface area contributed by atoms with Crippen LogP contribution < -0.4 is 4.72 Å². The topological polar surface area (TPSA) is 91.6 Å². The van der Waals surface area contributed by atoms with E-state index in [2.05, 4.69) is 9.12 Å². The molecule has 0 spiro atoms. The fraction of sp³-hybridized carbons (Fsp3) is 0.273. The average molecular weight is 265 g/mol. The molecule has 1 unspecified atom stereocenters. The molecular formula is C11H11N3O3S. The van der Waals surface area contributed by atoms with E-state index in [0.717, 1.165) is 6.42 Å². The maximum absolute atomic E-state index is 11.6. The maximum Gasteiger partial charge on any atom is 0.345 e. The fourth-order valence-electron chi connectivity index (χ4n) is 1.89. The van der Waals surface area contributed by atoms with Crippen molar-refractivity contribution in [1.82, 2.24) is 4.72 Å². The summed E-state index contributed by atoms with van der Waals surface area (Å²) >= 11 is 0. The maximum atomic E-state index is 11.6. The molecule has 0 radical (unpaired) electrons. The van der Waals surface area contributed by atoms with E-state index in [1.807, 2.05) is 6.08 Å². The molecule has 0 saturated carbocycles. The Morgan fingerprint density at radius 2 is 2.28 bits per heavy atom. The van der Waals surface area contributed by atoms with Crippen molar-refractivity contribution in [3.63, 3.8) is 0 Å². The highest BCUT2D eigenvalue weighted by molar-refractivity contribution is 7.88. The smallest absolute Gasteiger partial charge is 0.345 e. The third kappa shape index (κ3) is 1.86. The molecule has 1 atom stereocenters. The van der Waals surface area contributed by atoms with Crippen LogP contribution in [0.2, 0.25) is 0 Å². The van der Waals surface area contributed by atoms with Crippen molar-refractivity contribution in [3.05, 3.63) is 35.6 Å². The summed E-state index contributed by atoms with van der Waals surface area (Å²) in [4.78, 5) is 0. The summed E-state index contributed by atoms with van der Waals surface area (Å²) in [6.45, 7) is 0. The Hall–Kier alpha value is -1.89.